The quantitative estimate of drug-likeness (QED) is 0.821. The van der Waals surface area contributed by atoms with E-state index < -0.39 is 29.7 Å². The average molecular weight is 279 g/mol. The fourth-order valence-corrected chi connectivity index (χ4v) is 2.04. The lowest BCUT2D eigenvalue weighted by atomic mass is 10.1. The molecule has 0 saturated carbocycles. The van der Waals surface area contributed by atoms with E-state index in [1.807, 2.05) is 0 Å². The summed E-state index contributed by atoms with van der Waals surface area (Å²) in [5, 5.41) is 11.4. The molecule has 6 heteroatoms. The molecule has 5 nitrogen and oxygen atoms in total. The molecule has 1 aliphatic rings. The number of aliphatic carboxylic acids is 1. The Morgan fingerprint density at radius 1 is 1.40 bits per heavy atom. The van der Waals surface area contributed by atoms with Crippen molar-refractivity contribution in [2.45, 2.75) is 12.5 Å². The SMILES string of the molecule is COc1ccc(C(=O)NC2C=CC(C(=O)O)C2)c(F)c1. The molecular formula is C14H14FNO4. The van der Waals surface area contributed by atoms with Crippen LogP contribution in [0.4, 0.5) is 4.39 Å². The van der Waals surface area contributed by atoms with E-state index in [0.717, 1.165) is 6.07 Å². The molecule has 1 aromatic rings. The van der Waals surface area contributed by atoms with Gasteiger partial charge in [-0.3, -0.25) is 9.59 Å². The maximum Gasteiger partial charge on any atom is 0.310 e. The Morgan fingerprint density at radius 3 is 2.70 bits per heavy atom. The van der Waals surface area contributed by atoms with Gasteiger partial charge in [0, 0.05) is 12.1 Å². The van der Waals surface area contributed by atoms with Gasteiger partial charge in [-0.25, -0.2) is 4.39 Å². The van der Waals surface area contributed by atoms with E-state index in [1.54, 1.807) is 6.08 Å². The molecule has 2 N–H and O–H groups in total. The molecule has 106 valence electrons. The lowest BCUT2D eigenvalue weighted by Crippen LogP contribution is -2.33. The Morgan fingerprint density at radius 2 is 2.15 bits per heavy atom. The average Bonchev–Trinajstić information content (AvgIpc) is 2.87. The maximum atomic E-state index is 13.7. The standard InChI is InChI=1S/C14H14FNO4/c1-20-10-4-5-11(12(15)7-10)13(17)16-9-3-2-8(6-9)14(18)19/h2-5,7-9H,6H2,1H3,(H,16,17)(H,18,19). The monoisotopic (exact) mass is 279 g/mol. The highest BCUT2D eigenvalue weighted by Crippen LogP contribution is 2.20. The first kappa shape index (κ1) is 14.0. The molecule has 0 aromatic heterocycles. The van der Waals surface area contributed by atoms with Gasteiger partial charge >= 0.3 is 5.97 Å². The molecule has 1 aromatic carbocycles. The Kier molecular flexibility index (Phi) is 4.02. The summed E-state index contributed by atoms with van der Waals surface area (Å²) >= 11 is 0. The van der Waals surface area contributed by atoms with Gasteiger partial charge in [-0.15, -0.1) is 0 Å². The van der Waals surface area contributed by atoms with Crippen LogP contribution in [0, 0.1) is 11.7 Å². The van der Waals surface area contributed by atoms with Gasteiger partial charge < -0.3 is 15.2 Å². The number of carboxylic acid groups (broad SMARTS) is 1. The second-order valence-electron chi connectivity index (χ2n) is 4.49. The number of rotatable bonds is 4. The van der Waals surface area contributed by atoms with Gasteiger partial charge in [0.25, 0.3) is 5.91 Å². The first-order valence-corrected chi connectivity index (χ1v) is 6.07. The molecular weight excluding hydrogens is 265 g/mol. The highest BCUT2D eigenvalue weighted by molar-refractivity contribution is 5.95. The number of halogens is 1. The van der Waals surface area contributed by atoms with Crippen molar-refractivity contribution in [1.29, 1.82) is 0 Å². The first-order chi connectivity index (χ1) is 9.51. The minimum absolute atomic E-state index is 0.0991. The summed E-state index contributed by atoms with van der Waals surface area (Å²) in [6.45, 7) is 0. The third-order valence-corrected chi connectivity index (χ3v) is 3.14. The lowest BCUT2D eigenvalue weighted by molar-refractivity contribution is -0.140. The number of hydrogen-bond donors (Lipinski definition) is 2. The molecule has 1 amide bonds. The third-order valence-electron chi connectivity index (χ3n) is 3.14. The Bertz CT molecular complexity index is 570. The van der Waals surface area contributed by atoms with E-state index >= 15 is 0 Å². The second kappa shape index (κ2) is 5.73. The van der Waals surface area contributed by atoms with Crippen LogP contribution in [0.2, 0.25) is 0 Å². The smallest absolute Gasteiger partial charge is 0.310 e. The maximum absolute atomic E-state index is 13.7. The summed E-state index contributed by atoms with van der Waals surface area (Å²) in [7, 11) is 1.41. The van der Waals surface area contributed by atoms with E-state index in [9.17, 15) is 14.0 Å². The number of carbonyl (C=O) groups excluding carboxylic acids is 1. The molecule has 0 bridgehead atoms. The van der Waals surface area contributed by atoms with Gasteiger partial charge in [0.1, 0.15) is 11.6 Å². The van der Waals surface area contributed by atoms with Gasteiger partial charge in [0.05, 0.1) is 18.6 Å². The highest BCUT2D eigenvalue weighted by Gasteiger charge is 2.26. The fourth-order valence-electron chi connectivity index (χ4n) is 2.04. The van der Waals surface area contributed by atoms with Crippen LogP contribution in [0.1, 0.15) is 16.8 Å². The number of methoxy groups -OCH3 is 1. The zero-order valence-corrected chi connectivity index (χ0v) is 10.8. The number of hydrogen-bond acceptors (Lipinski definition) is 3. The van der Waals surface area contributed by atoms with E-state index in [1.165, 1.54) is 25.3 Å². The largest absolute Gasteiger partial charge is 0.497 e. The van der Waals surface area contributed by atoms with Crippen molar-refractivity contribution >= 4 is 11.9 Å². The van der Waals surface area contributed by atoms with Crippen molar-refractivity contribution in [2.75, 3.05) is 7.11 Å². The molecule has 2 unspecified atom stereocenters. The third kappa shape index (κ3) is 2.96. The number of nitrogens with one attached hydrogen (secondary N) is 1. The molecule has 0 aliphatic heterocycles. The normalized spacial score (nSPS) is 20.7. The summed E-state index contributed by atoms with van der Waals surface area (Å²) in [5.74, 6) is -2.48. The van der Waals surface area contributed by atoms with Crippen molar-refractivity contribution in [3.8, 4) is 5.75 Å². The van der Waals surface area contributed by atoms with Crippen molar-refractivity contribution in [2.24, 2.45) is 5.92 Å². The molecule has 2 atom stereocenters. The van der Waals surface area contributed by atoms with Crippen molar-refractivity contribution in [1.82, 2.24) is 5.32 Å². The fraction of sp³-hybridized carbons (Fsp3) is 0.286. The topological polar surface area (TPSA) is 75.6 Å². The van der Waals surface area contributed by atoms with Crippen molar-refractivity contribution in [3.63, 3.8) is 0 Å². The Labute approximate surface area is 115 Å². The molecule has 0 heterocycles. The predicted molar refractivity (Wildman–Crippen MR) is 69.1 cm³/mol. The van der Waals surface area contributed by atoms with Gasteiger partial charge in [-0.1, -0.05) is 12.2 Å². The molecule has 2 rings (SSSR count). The number of carboxylic acids is 1. The van der Waals surface area contributed by atoms with Crippen LogP contribution >= 0.6 is 0 Å². The first-order valence-electron chi connectivity index (χ1n) is 6.07. The molecule has 20 heavy (non-hydrogen) atoms. The predicted octanol–water partition coefficient (Wildman–Crippen LogP) is 1.59. The highest BCUT2D eigenvalue weighted by atomic mass is 19.1. The summed E-state index contributed by atoms with van der Waals surface area (Å²) in [6, 6.07) is 3.55. The molecule has 1 aliphatic carbocycles. The van der Waals surface area contributed by atoms with Crippen LogP contribution in [0.25, 0.3) is 0 Å². The number of carbonyl (C=O) groups is 2. The second-order valence-corrected chi connectivity index (χ2v) is 4.49. The zero-order chi connectivity index (χ0) is 14.7. The van der Waals surface area contributed by atoms with E-state index in [4.69, 9.17) is 9.84 Å². The van der Waals surface area contributed by atoms with Crippen LogP contribution in [0.5, 0.6) is 5.75 Å². The van der Waals surface area contributed by atoms with Gasteiger partial charge in [-0.2, -0.15) is 0 Å². The molecule has 0 saturated heterocycles. The minimum Gasteiger partial charge on any atom is -0.497 e. The summed E-state index contributed by atoms with van der Waals surface area (Å²) in [5.41, 5.74) is -0.0991. The lowest BCUT2D eigenvalue weighted by Gasteiger charge is -2.13. The van der Waals surface area contributed by atoms with Crippen molar-refractivity contribution in [3.05, 3.63) is 41.7 Å². The van der Waals surface area contributed by atoms with Crippen molar-refractivity contribution < 1.29 is 23.8 Å². The van der Waals surface area contributed by atoms with Crippen LogP contribution < -0.4 is 10.1 Å². The van der Waals surface area contributed by atoms with E-state index in [0.29, 0.717) is 5.75 Å². The van der Waals surface area contributed by atoms with Crippen LogP contribution in [0.3, 0.4) is 0 Å². The van der Waals surface area contributed by atoms with Crippen LogP contribution in [-0.4, -0.2) is 30.1 Å². The van der Waals surface area contributed by atoms with Crippen LogP contribution in [0.15, 0.2) is 30.4 Å². The van der Waals surface area contributed by atoms with E-state index in [-0.39, 0.29) is 12.0 Å². The summed E-state index contributed by atoms with van der Waals surface area (Å²) in [6.07, 6.45) is 3.41. The van der Waals surface area contributed by atoms with E-state index in [2.05, 4.69) is 5.32 Å². The zero-order valence-electron chi connectivity index (χ0n) is 10.8. The van der Waals surface area contributed by atoms with Gasteiger partial charge in [0.2, 0.25) is 0 Å². The number of benzene rings is 1. The van der Waals surface area contributed by atoms with Crippen LogP contribution in [-0.2, 0) is 4.79 Å². The molecule has 0 spiro atoms. The Balaban J connectivity index is 2.03. The number of ether oxygens (including phenoxy) is 1. The Hall–Kier alpha value is -2.37. The number of amides is 1. The summed E-state index contributed by atoms with van der Waals surface area (Å²) in [4.78, 5) is 22.7. The molecule has 0 fully saturated rings. The molecule has 0 radical (unpaired) electrons. The van der Waals surface area contributed by atoms with Gasteiger partial charge in [-0.05, 0) is 18.6 Å². The minimum atomic E-state index is -0.936. The summed E-state index contributed by atoms with van der Waals surface area (Å²) < 4.78 is 18.6. The van der Waals surface area contributed by atoms with Gasteiger partial charge in [0.15, 0.2) is 0 Å².